The van der Waals surface area contributed by atoms with E-state index >= 15 is 0 Å². The van der Waals surface area contributed by atoms with E-state index in [9.17, 15) is 14.7 Å². The van der Waals surface area contributed by atoms with E-state index in [2.05, 4.69) is 10.3 Å². The Kier molecular flexibility index (Phi) is 5.34. The Labute approximate surface area is 152 Å². The quantitative estimate of drug-likeness (QED) is 0.849. The Morgan fingerprint density at radius 1 is 1.23 bits per heavy atom. The van der Waals surface area contributed by atoms with Crippen LogP contribution in [0.2, 0.25) is 0 Å². The molecule has 140 valence electrons. The molecule has 8 nitrogen and oxygen atoms in total. The normalized spacial score (nSPS) is 11.5. The van der Waals surface area contributed by atoms with Crippen molar-refractivity contribution in [3.05, 3.63) is 35.7 Å². The van der Waals surface area contributed by atoms with Crippen LogP contribution in [0.4, 0.5) is 0 Å². The van der Waals surface area contributed by atoms with Crippen molar-refractivity contribution in [2.45, 2.75) is 46.3 Å². The predicted molar refractivity (Wildman–Crippen MR) is 95.7 cm³/mol. The van der Waals surface area contributed by atoms with Gasteiger partial charge in [0, 0.05) is 7.05 Å². The molecule has 0 aliphatic carbocycles. The van der Waals surface area contributed by atoms with Crippen molar-refractivity contribution in [1.29, 1.82) is 0 Å². The van der Waals surface area contributed by atoms with Gasteiger partial charge in [0.05, 0.1) is 17.5 Å². The highest BCUT2D eigenvalue weighted by atomic mass is 16.5. The van der Waals surface area contributed by atoms with Gasteiger partial charge in [-0.05, 0) is 58.9 Å². The van der Waals surface area contributed by atoms with Gasteiger partial charge in [0.25, 0.3) is 5.91 Å². The van der Waals surface area contributed by atoms with Crippen LogP contribution in [-0.2, 0) is 4.79 Å². The summed E-state index contributed by atoms with van der Waals surface area (Å²) in [5, 5.41) is 17.3. The maximum atomic E-state index is 12.7. The summed E-state index contributed by atoms with van der Waals surface area (Å²) < 4.78 is 7.14. The predicted octanol–water partition coefficient (Wildman–Crippen LogP) is 2.30. The first-order valence-electron chi connectivity index (χ1n) is 8.26. The van der Waals surface area contributed by atoms with Gasteiger partial charge in [-0.25, -0.2) is 9.48 Å². The molecule has 2 aromatic rings. The number of aromatic nitrogens is 3. The van der Waals surface area contributed by atoms with E-state index in [1.54, 1.807) is 6.92 Å². The van der Waals surface area contributed by atoms with Gasteiger partial charge in [-0.15, -0.1) is 5.10 Å². The second-order valence-corrected chi connectivity index (χ2v) is 6.82. The molecule has 0 radical (unpaired) electrons. The molecule has 0 spiro atoms. The molecule has 0 saturated heterocycles. The average molecular weight is 360 g/mol. The fourth-order valence-corrected chi connectivity index (χ4v) is 2.27. The van der Waals surface area contributed by atoms with Gasteiger partial charge in [0.15, 0.2) is 5.69 Å². The molecule has 0 aliphatic rings. The molecule has 8 heteroatoms. The molecule has 0 unspecified atom stereocenters. The van der Waals surface area contributed by atoms with Crippen LogP contribution in [0.1, 0.15) is 43.9 Å². The lowest BCUT2D eigenvalue weighted by atomic mass is 10.0. The Morgan fingerprint density at radius 2 is 1.81 bits per heavy atom. The maximum absolute atomic E-state index is 12.7. The average Bonchev–Trinajstić information content (AvgIpc) is 2.95. The summed E-state index contributed by atoms with van der Waals surface area (Å²) in [5.41, 5.74) is 0.0126. The van der Waals surface area contributed by atoms with Crippen LogP contribution in [0.25, 0.3) is 5.69 Å². The molecule has 0 saturated carbocycles. The molecule has 1 amide bonds. The van der Waals surface area contributed by atoms with E-state index in [-0.39, 0.29) is 11.8 Å². The first-order valence-corrected chi connectivity index (χ1v) is 8.26. The molecule has 0 atom stereocenters. The van der Waals surface area contributed by atoms with Gasteiger partial charge >= 0.3 is 5.97 Å². The van der Waals surface area contributed by atoms with Crippen molar-refractivity contribution < 1.29 is 19.4 Å². The van der Waals surface area contributed by atoms with Crippen LogP contribution in [0.15, 0.2) is 24.3 Å². The van der Waals surface area contributed by atoms with Gasteiger partial charge in [-0.1, -0.05) is 5.21 Å². The van der Waals surface area contributed by atoms with E-state index in [0.717, 1.165) is 16.3 Å². The highest BCUT2D eigenvalue weighted by Gasteiger charge is 2.37. The van der Waals surface area contributed by atoms with Crippen LogP contribution >= 0.6 is 0 Å². The van der Waals surface area contributed by atoms with Crippen LogP contribution in [-0.4, -0.2) is 55.6 Å². The van der Waals surface area contributed by atoms with Crippen molar-refractivity contribution in [3.63, 3.8) is 0 Å². The summed E-state index contributed by atoms with van der Waals surface area (Å²) in [6.07, 6.45) is 0.0753. The molecule has 1 aromatic heterocycles. The molecule has 2 rings (SSSR count). The van der Waals surface area contributed by atoms with E-state index in [4.69, 9.17) is 4.74 Å². The lowest BCUT2D eigenvalue weighted by Crippen LogP contribution is -2.51. The van der Waals surface area contributed by atoms with Gasteiger partial charge in [-0.2, -0.15) is 0 Å². The van der Waals surface area contributed by atoms with Crippen molar-refractivity contribution >= 4 is 11.9 Å². The van der Waals surface area contributed by atoms with Crippen molar-refractivity contribution in [2.75, 3.05) is 7.05 Å². The highest BCUT2D eigenvalue weighted by molar-refractivity contribution is 5.96. The second kappa shape index (κ2) is 7.15. The number of hydrogen-bond donors (Lipinski definition) is 1. The van der Waals surface area contributed by atoms with Crippen molar-refractivity contribution in [2.24, 2.45) is 0 Å². The minimum atomic E-state index is -1.36. The number of rotatable bonds is 6. The van der Waals surface area contributed by atoms with Gasteiger partial charge in [0.2, 0.25) is 0 Å². The molecule has 1 heterocycles. The van der Waals surface area contributed by atoms with Crippen molar-refractivity contribution in [1.82, 2.24) is 19.9 Å². The minimum absolute atomic E-state index is 0.0753. The zero-order valence-corrected chi connectivity index (χ0v) is 15.8. The monoisotopic (exact) mass is 360 g/mol. The van der Waals surface area contributed by atoms with Crippen LogP contribution < -0.4 is 4.74 Å². The van der Waals surface area contributed by atoms with E-state index in [1.165, 1.54) is 25.6 Å². The lowest BCUT2D eigenvalue weighted by molar-refractivity contribution is -0.147. The zero-order valence-electron chi connectivity index (χ0n) is 15.8. The van der Waals surface area contributed by atoms with Gasteiger partial charge < -0.3 is 14.7 Å². The molecule has 1 aromatic carbocycles. The largest absolute Gasteiger partial charge is 0.491 e. The van der Waals surface area contributed by atoms with Crippen LogP contribution in [0.3, 0.4) is 0 Å². The number of likely N-dealkylation sites (N-methyl/N-ethyl adjacent to an activating group) is 1. The first kappa shape index (κ1) is 19.4. The number of carbonyl (C=O) groups is 2. The molecule has 26 heavy (non-hydrogen) atoms. The summed E-state index contributed by atoms with van der Waals surface area (Å²) in [7, 11) is 1.44. The van der Waals surface area contributed by atoms with E-state index in [0.29, 0.717) is 5.69 Å². The summed E-state index contributed by atoms with van der Waals surface area (Å²) in [5.74, 6) is -0.860. The van der Waals surface area contributed by atoms with Gasteiger partial charge in [-0.3, -0.25) is 4.79 Å². The fraction of sp³-hybridized carbons (Fsp3) is 0.444. The Balaban J connectivity index is 2.30. The number of nitrogens with zero attached hydrogens (tertiary/aromatic N) is 4. The minimum Gasteiger partial charge on any atom is -0.491 e. The van der Waals surface area contributed by atoms with E-state index in [1.807, 2.05) is 38.1 Å². The lowest BCUT2D eigenvalue weighted by Gasteiger charge is -2.30. The number of hydrogen-bond acceptors (Lipinski definition) is 5. The maximum Gasteiger partial charge on any atom is 0.329 e. The van der Waals surface area contributed by atoms with E-state index < -0.39 is 17.4 Å². The van der Waals surface area contributed by atoms with Crippen LogP contribution in [0.5, 0.6) is 5.75 Å². The molecular weight excluding hydrogens is 336 g/mol. The number of benzene rings is 1. The number of carboxylic acid groups (broad SMARTS) is 1. The third kappa shape index (κ3) is 3.68. The molecule has 0 aliphatic heterocycles. The Morgan fingerprint density at radius 3 is 2.31 bits per heavy atom. The highest BCUT2D eigenvalue weighted by Crippen LogP contribution is 2.20. The number of aliphatic carboxylic acids is 1. The number of carboxylic acids is 1. The summed E-state index contributed by atoms with van der Waals surface area (Å²) in [4.78, 5) is 25.2. The molecular formula is C18H24N4O4. The zero-order chi connectivity index (χ0) is 19.6. The van der Waals surface area contributed by atoms with Gasteiger partial charge in [0.1, 0.15) is 11.3 Å². The second-order valence-electron chi connectivity index (χ2n) is 6.82. The SMILES string of the molecule is Cc1c(C(=O)N(C)C(C)(C)C(=O)O)nnn1-c1ccc(OC(C)C)cc1. The number of carbonyl (C=O) groups excluding carboxylic acids is 1. The smallest absolute Gasteiger partial charge is 0.329 e. The summed E-state index contributed by atoms with van der Waals surface area (Å²) >= 11 is 0. The Bertz CT molecular complexity index is 809. The fourth-order valence-electron chi connectivity index (χ4n) is 2.27. The molecule has 0 bridgehead atoms. The Hall–Kier alpha value is -2.90. The number of amides is 1. The van der Waals surface area contributed by atoms with Crippen LogP contribution in [0, 0.1) is 6.92 Å². The molecule has 1 N–H and O–H groups in total. The summed E-state index contributed by atoms with van der Waals surface area (Å²) in [6.45, 7) is 8.53. The summed E-state index contributed by atoms with van der Waals surface area (Å²) in [6, 6.07) is 7.27. The third-order valence-corrected chi connectivity index (χ3v) is 4.22. The molecule has 0 fully saturated rings. The topological polar surface area (TPSA) is 97.5 Å². The standard InChI is InChI=1S/C18H24N4O4/c1-11(2)26-14-9-7-13(8-10-14)22-12(3)15(19-20-22)16(23)21(6)18(4,5)17(24)25/h7-11H,1-6H3,(H,24,25). The third-order valence-electron chi connectivity index (χ3n) is 4.22. The first-order chi connectivity index (χ1) is 12.1. The van der Waals surface area contributed by atoms with Crippen molar-refractivity contribution in [3.8, 4) is 11.4 Å². The number of ether oxygens (including phenoxy) is 1.